The number of nitrogens with one attached hydrogen (secondary N) is 1. The summed E-state index contributed by atoms with van der Waals surface area (Å²) in [6.07, 6.45) is 0. The van der Waals surface area contributed by atoms with Gasteiger partial charge in [0.2, 0.25) is 0 Å². The SMILES string of the molecule is Cc1ccc(CNc2cccc(N(C)C)c2)cc1[N+](=O)[O-]. The number of hydrogen-bond acceptors (Lipinski definition) is 4. The van der Waals surface area contributed by atoms with Gasteiger partial charge < -0.3 is 10.2 Å². The molecular formula is C16H19N3O2. The van der Waals surface area contributed by atoms with Crippen LogP contribution < -0.4 is 10.2 Å². The highest BCUT2D eigenvalue weighted by Crippen LogP contribution is 2.21. The van der Waals surface area contributed by atoms with Crippen molar-refractivity contribution in [3.8, 4) is 0 Å². The molecule has 5 heteroatoms. The van der Waals surface area contributed by atoms with Crippen LogP contribution in [0.1, 0.15) is 11.1 Å². The van der Waals surface area contributed by atoms with E-state index < -0.39 is 0 Å². The van der Waals surface area contributed by atoms with Crippen molar-refractivity contribution in [2.45, 2.75) is 13.5 Å². The first kappa shape index (κ1) is 14.8. The molecule has 0 saturated carbocycles. The Labute approximate surface area is 124 Å². The van der Waals surface area contributed by atoms with E-state index in [-0.39, 0.29) is 10.6 Å². The predicted octanol–water partition coefficient (Wildman–Crippen LogP) is 3.58. The Balaban J connectivity index is 2.11. The number of aryl methyl sites for hydroxylation is 1. The Kier molecular flexibility index (Phi) is 4.42. The third kappa shape index (κ3) is 3.72. The molecule has 5 nitrogen and oxygen atoms in total. The maximum Gasteiger partial charge on any atom is 0.272 e. The van der Waals surface area contributed by atoms with E-state index in [1.54, 1.807) is 19.1 Å². The molecule has 0 heterocycles. The lowest BCUT2D eigenvalue weighted by atomic mass is 10.1. The molecule has 2 rings (SSSR count). The Bertz CT molecular complexity index is 654. The summed E-state index contributed by atoms with van der Waals surface area (Å²) in [5, 5.41) is 14.2. The van der Waals surface area contributed by atoms with Crippen LogP contribution >= 0.6 is 0 Å². The van der Waals surface area contributed by atoms with Gasteiger partial charge >= 0.3 is 0 Å². The van der Waals surface area contributed by atoms with Crippen molar-refractivity contribution in [2.24, 2.45) is 0 Å². The molecule has 0 spiro atoms. The van der Waals surface area contributed by atoms with Gasteiger partial charge in [-0.3, -0.25) is 10.1 Å². The zero-order valence-corrected chi connectivity index (χ0v) is 12.5. The standard InChI is InChI=1S/C16H19N3O2/c1-12-7-8-13(9-16(12)19(20)21)11-17-14-5-4-6-15(10-14)18(2)3/h4-10,17H,11H2,1-3H3. The number of nitro benzene ring substituents is 1. The summed E-state index contributed by atoms with van der Waals surface area (Å²) in [7, 11) is 3.98. The van der Waals surface area contributed by atoms with Gasteiger partial charge in [0.15, 0.2) is 0 Å². The van der Waals surface area contributed by atoms with Crippen molar-refractivity contribution >= 4 is 17.1 Å². The van der Waals surface area contributed by atoms with E-state index >= 15 is 0 Å². The number of nitrogens with zero attached hydrogens (tertiary/aromatic N) is 2. The fraction of sp³-hybridized carbons (Fsp3) is 0.250. The molecule has 0 fully saturated rings. The van der Waals surface area contributed by atoms with Gasteiger partial charge in [0, 0.05) is 43.6 Å². The zero-order valence-electron chi connectivity index (χ0n) is 12.5. The number of rotatable bonds is 5. The van der Waals surface area contributed by atoms with Crippen LogP contribution in [-0.2, 0) is 6.54 Å². The second-order valence-electron chi connectivity index (χ2n) is 5.18. The lowest BCUT2D eigenvalue weighted by molar-refractivity contribution is -0.385. The summed E-state index contributed by atoms with van der Waals surface area (Å²) in [6.45, 7) is 2.30. The van der Waals surface area contributed by atoms with E-state index in [0.717, 1.165) is 16.9 Å². The molecule has 0 aliphatic rings. The topological polar surface area (TPSA) is 58.4 Å². The molecule has 0 unspecified atom stereocenters. The molecular weight excluding hydrogens is 266 g/mol. The van der Waals surface area contributed by atoms with Crippen LogP contribution in [0.2, 0.25) is 0 Å². The largest absolute Gasteiger partial charge is 0.381 e. The molecule has 0 atom stereocenters. The third-order valence-electron chi connectivity index (χ3n) is 3.33. The average molecular weight is 285 g/mol. The molecule has 0 radical (unpaired) electrons. The molecule has 0 amide bonds. The normalized spacial score (nSPS) is 10.2. The summed E-state index contributed by atoms with van der Waals surface area (Å²) in [6, 6.07) is 13.4. The van der Waals surface area contributed by atoms with Crippen LogP contribution in [0.5, 0.6) is 0 Å². The van der Waals surface area contributed by atoms with E-state index in [2.05, 4.69) is 5.32 Å². The molecule has 2 aromatic rings. The number of hydrogen-bond donors (Lipinski definition) is 1. The first-order chi connectivity index (χ1) is 9.97. The molecule has 21 heavy (non-hydrogen) atoms. The van der Waals surface area contributed by atoms with E-state index in [9.17, 15) is 10.1 Å². The van der Waals surface area contributed by atoms with Crippen molar-refractivity contribution < 1.29 is 4.92 Å². The molecule has 0 aromatic heterocycles. The van der Waals surface area contributed by atoms with Crippen molar-refractivity contribution in [2.75, 3.05) is 24.3 Å². The monoisotopic (exact) mass is 285 g/mol. The summed E-state index contributed by atoms with van der Waals surface area (Å²) >= 11 is 0. The molecule has 0 aliphatic heterocycles. The van der Waals surface area contributed by atoms with Gasteiger partial charge in [0.25, 0.3) is 5.69 Å². The van der Waals surface area contributed by atoms with Gasteiger partial charge in [-0.2, -0.15) is 0 Å². The van der Waals surface area contributed by atoms with Crippen molar-refractivity contribution in [3.63, 3.8) is 0 Å². The number of nitro groups is 1. The fourth-order valence-electron chi connectivity index (χ4n) is 2.06. The quantitative estimate of drug-likeness (QED) is 0.674. The average Bonchev–Trinajstić information content (AvgIpc) is 2.46. The minimum atomic E-state index is -0.342. The van der Waals surface area contributed by atoms with Crippen molar-refractivity contribution in [1.29, 1.82) is 0 Å². The van der Waals surface area contributed by atoms with Gasteiger partial charge in [0.1, 0.15) is 0 Å². The molecule has 110 valence electrons. The number of anilines is 2. The lowest BCUT2D eigenvalue weighted by Gasteiger charge is -2.14. The van der Waals surface area contributed by atoms with Crippen LogP contribution in [0.4, 0.5) is 17.1 Å². The predicted molar refractivity (Wildman–Crippen MR) is 85.9 cm³/mol. The fourth-order valence-corrected chi connectivity index (χ4v) is 2.06. The Morgan fingerprint density at radius 3 is 2.62 bits per heavy atom. The minimum absolute atomic E-state index is 0.163. The second-order valence-corrected chi connectivity index (χ2v) is 5.18. The van der Waals surface area contributed by atoms with Crippen LogP contribution in [0, 0.1) is 17.0 Å². The van der Waals surface area contributed by atoms with Crippen LogP contribution in [0.3, 0.4) is 0 Å². The van der Waals surface area contributed by atoms with E-state index in [0.29, 0.717) is 12.1 Å². The zero-order chi connectivity index (χ0) is 15.4. The maximum absolute atomic E-state index is 10.9. The highest BCUT2D eigenvalue weighted by atomic mass is 16.6. The summed E-state index contributed by atoms with van der Waals surface area (Å²) in [5.41, 5.74) is 3.83. The molecule has 1 N–H and O–H groups in total. The first-order valence-corrected chi connectivity index (χ1v) is 6.72. The second kappa shape index (κ2) is 6.26. The highest BCUT2D eigenvalue weighted by Gasteiger charge is 2.10. The van der Waals surface area contributed by atoms with Gasteiger partial charge in [0.05, 0.1) is 4.92 Å². The Morgan fingerprint density at radius 1 is 1.19 bits per heavy atom. The van der Waals surface area contributed by atoms with Gasteiger partial charge in [-0.15, -0.1) is 0 Å². The molecule has 0 bridgehead atoms. The highest BCUT2D eigenvalue weighted by molar-refractivity contribution is 5.57. The van der Waals surface area contributed by atoms with Crippen molar-refractivity contribution in [1.82, 2.24) is 0 Å². The van der Waals surface area contributed by atoms with Crippen LogP contribution in [0.15, 0.2) is 42.5 Å². The third-order valence-corrected chi connectivity index (χ3v) is 3.33. The smallest absolute Gasteiger partial charge is 0.272 e. The molecule has 0 aliphatic carbocycles. The van der Waals surface area contributed by atoms with Gasteiger partial charge in [-0.05, 0) is 30.7 Å². The first-order valence-electron chi connectivity index (χ1n) is 6.72. The lowest BCUT2D eigenvalue weighted by Crippen LogP contribution is -2.09. The van der Waals surface area contributed by atoms with E-state index in [1.807, 2.05) is 49.3 Å². The molecule has 2 aromatic carbocycles. The minimum Gasteiger partial charge on any atom is -0.381 e. The number of benzene rings is 2. The van der Waals surface area contributed by atoms with Gasteiger partial charge in [-0.1, -0.05) is 18.2 Å². The van der Waals surface area contributed by atoms with E-state index in [4.69, 9.17) is 0 Å². The summed E-state index contributed by atoms with van der Waals surface area (Å²) < 4.78 is 0. The van der Waals surface area contributed by atoms with Crippen LogP contribution in [-0.4, -0.2) is 19.0 Å². The Morgan fingerprint density at radius 2 is 1.95 bits per heavy atom. The summed E-state index contributed by atoms with van der Waals surface area (Å²) in [5.74, 6) is 0. The van der Waals surface area contributed by atoms with Crippen molar-refractivity contribution in [3.05, 3.63) is 63.7 Å². The summed E-state index contributed by atoms with van der Waals surface area (Å²) in [4.78, 5) is 12.6. The van der Waals surface area contributed by atoms with Crippen LogP contribution in [0.25, 0.3) is 0 Å². The van der Waals surface area contributed by atoms with E-state index in [1.165, 1.54) is 0 Å². The Hall–Kier alpha value is -2.56. The maximum atomic E-state index is 10.9. The van der Waals surface area contributed by atoms with Gasteiger partial charge in [-0.25, -0.2) is 0 Å². The molecule has 0 saturated heterocycles.